The number of carbonyl (C=O) groups is 1. The van der Waals surface area contributed by atoms with Gasteiger partial charge in [0.05, 0.1) is 19.2 Å². The number of aromatic nitrogens is 2. The highest BCUT2D eigenvalue weighted by atomic mass is 16.5. The summed E-state index contributed by atoms with van der Waals surface area (Å²) in [5.74, 6) is 0.865. The van der Waals surface area contributed by atoms with Gasteiger partial charge in [-0.2, -0.15) is 5.10 Å². The molecule has 0 fully saturated rings. The van der Waals surface area contributed by atoms with Crippen LogP contribution in [0.2, 0.25) is 0 Å². The zero-order valence-corrected chi connectivity index (χ0v) is 10.8. The Labute approximate surface area is 106 Å². The van der Waals surface area contributed by atoms with Gasteiger partial charge in [-0.05, 0) is 36.8 Å². The summed E-state index contributed by atoms with van der Waals surface area (Å²) in [6.45, 7) is 1.93. The van der Waals surface area contributed by atoms with E-state index in [9.17, 15) is 4.79 Å². The van der Waals surface area contributed by atoms with Crippen LogP contribution in [0.4, 0.5) is 0 Å². The van der Waals surface area contributed by atoms with E-state index in [0.717, 1.165) is 17.0 Å². The maximum Gasteiger partial charge on any atom is 0.168 e. The van der Waals surface area contributed by atoms with Crippen LogP contribution in [0.1, 0.15) is 21.6 Å². The van der Waals surface area contributed by atoms with Crippen LogP contribution in [-0.4, -0.2) is 22.7 Å². The number of nitrogens with zero attached hydrogens (tertiary/aromatic N) is 2. The largest absolute Gasteiger partial charge is 0.496 e. The van der Waals surface area contributed by atoms with Crippen LogP contribution in [0.3, 0.4) is 0 Å². The van der Waals surface area contributed by atoms with Crippen LogP contribution in [0, 0.1) is 6.92 Å². The molecule has 2 rings (SSSR count). The van der Waals surface area contributed by atoms with Gasteiger partial charge in [0.2, 0.25) is 0 Å². The molecular weight excluding hydrogens is 228 g/mol. The smallest absolute Gasteiger partial charge is 0.168 e. The summed E-state index contributed by atoms with van der Waals surface area (Å²) in [6, 6.07) is 7.32. The molecule has 0 radical (unpaired) electrons. The van der Waals surface area contributed by atoms with Crippen molar-refractivity contribution in [3.05, 3.63) is 47.3 Å². The molecule has 0 bridgehead atoms. The quantitative estimate of drug-likeness (QED) is 0.774. The highest BCUT2D eigenvalue weighted by molar-refractivity contribution is 5.97. The van der Waals surface area contributed by atoms with Gasteiger partial charge in [0.15, 0.2) is 5.78 Å². The fourth-order valence-electron chi connectivity index (χ4n) is 1.88. The van der Waals surface area contributed by atoms with Gasteiger partial charge in [0.1, 0.15) is 5.75 Å². The number of benzene rings is 1. The molecule has 0 saturated carbocycles. The Morgan fingerprint density at radius 1 is 1.39 bits per heavy atom. The van der Waals surface area contributed by atoms with Gasteiger partial charge >= 0.3 is 0 Å². The third kappa shape index (κ3) is 2.59. The van der Waals surface area contributed by atoms with Crippen molar-refractivity contribution in [2.24, 2.45) is 7.05 Å². The Morgan fingerprint density at radius 2 is 2.17 bits per heavy atom. The van der Waals surface area contributed by atoms with E-state index in [2.05, 4.69) is 5.10 Å². The highest BCUT2D eigenvalue weighted by Gasteiger charge is 2.10. The van der Waals surface area contributed by atoms with Crippen LogP contribution in [0.15, 0.2) is 30.5 Å². The Kier molecular flexibility index (Phi) is 3.46. The molecule has 0 spiro atoms. The third-order valence-corrected chi connectivity index (χ3v) is 2.83. The molecule has 0 atom stereocenters. The molecule has 2 aromatic rings. The van der Waals surface area contributed by atoms with Crippen LogP contribution in [0.25, 0.3) is 0 Å². The zero-order chi connectivity index (χ0) is 13.1. The van der Waals surface area contributed by atoms with Crippen molar-refractivity contribution in [1.82, 2.24) is 9.78 Å². The van der Waals surface area contributed by atoms with Crippen LogP contribution >= 0.6 is 0 Å². The van der Waals surface area contributed by atoms with E-state index >= 15 is 0 Å². The van der Waals surface area contributed by atoms with Crippen molar-refractivity contribution >= 4 is 5.78 Å². The predicted octanol–water partition coefficient (Wildman–Crippen LogP) is 2.16. The molecule has 0 unspecified atom stereocenters. The molecule has 1 heterocycles. The fraction of sp³-hybridized carbons (Fsp3) is 0.286. The number of aryl methyl sites for hydroxylation is 2. The number of ether oxygens (including phenoxy) is 1. The van der Waals surface area contributed by atoms with Crippen molar-refractivity contribution in [1.29, 1.82) is 0 Å². The van der Waals surface area contributed by atoms with Gasteiger partial charge in [-0.1, -0.05) is 0 Å². The van der Waals surface area contributed by atoms with Gasteiger partial charge in [0, 0.05) is 18.8 Å². The topological polar surface area (TPSA) is 44.1 Å². The third-order valence-electron chi connectivity index (χ3n) is 2.83. The first-order chi connectivity index (χ1) is 8.60. The summed E-state index contributed by atoms with van der Waals surface area (Å²) in [6.07, 6.45) is 2.16. The number of carbonyl (C=O) groups excluding carboxylic acids is 1. The normalized spacial score (nSPS) is 10.4. The predicted molar refractivity (Wildman–Crippen MR) is 69.0 cm³/mol. The van der Waals surface area contributed by atoms with Gasteiger partial charge in [-0.25, -0.2) is 0 Å². The molecule has 94 valence electrons. The standard InChI is InChI=1S/C14H16N2O2/c1-10-8-11(4-5-14(10)18-3)13(17)9-12-6-7-16(2)15-12/h4-8H,9H2,1-3H3. The first-order valence-corrected chi connectivity index (χ1v) is 5.76. The molecule has 1 aromatic heterocycles. The first-order valence-electron chi connectivity index (χ1n) is 5.76. The first kappa shape index (κ1) is 12.4. The number of hydrogen-bond donors (Lipinski definition) is 0. The molecule has 0 saturated heterocycles. The molecule has 0 amide bonds. The van der Waals surface area contributed by atoms with E-state index in [0.29, 0.717) is 12.0 Å². The van der Waals surface area contributed by atoms with E-state index < -0.39 is 0 Å². The Balaban J connectivity index is 2.16. The van der Waals surface area contributed by atoms with E-state index in [1.807, 2.05) is 38.4 Å². The number of Topliss-reactive ketones (excluding diaryl/α,β-unsaturated/α-hetero) is 1. The number of rotatable bonds is 4. The average molecular weight is 244 g/mol. The highest BCUT2D eigenvalue weighted by Crippen LogP contribution is 2.19. The molecule has 0 aliphatic rings. The van der Waals surface area contributed by atoms with E-state index in [-0.39, 0.29) is 5.78 Å². The van der Waals surface area contributed by atoms with Crippen LogP contribution in [0.5, 0.6) is 5.75 Å². The Morgan fingerprint density at radius 3 is 2.72 bits per heavy atom. The lowest BCUT2D eigenvalue weighted by molar-refractivity contribution is 0.0991. The zero-order valence-electron chi connectivity index (χ0n) is 10.8. The van der Waals surface area contributed by atoms with Crippen molar-refractivity contribution in [3.63, 3.8) is 0 Å². The molecule has 0 aliphatic heterocycles. The maximum absolute atomic E-state index is 12.1. The summed E-state index contributed by atoms with van der Waals surface area (Å²) in [5, 5.41) is 4.20. The lowest BCUT2D eigenvalue weighted by Gasteiger charge is -2.06. The van der Waals surface area contributed by atoms with E-state index in [1.165, 1.54) is 0 Å². The summed E-state index contributed by atoms with van der Waals surface area (Å²) < 4.78 is 6.87. The summed E-state index contributed by atoms with van der Waals surface area (Å²) in [7, 11) is 3.46. The van der Waals surface area contributed by atoms with Gasteiger partial charge in [0.25, 0.3) is 0 Å². The molecule has 4 nitrogen and oxygen atoms in total. The van der Waals surface area contributed by atoms with Crippen molar-refractivity contribution < 1.29 is 9.53 Å². The van der Waals surface area contributed by atoms with Crippen molar-refractivity contribution in [3.8, 4) is 5.75 Å². The summed E-state index contributed by atoms with van der Waals surface area (Å²) in [4.78, 5) is 12.1. The van der Waals surface area contributed by atoms with Gasteiger partial charge < -0.3 is 4.74 Å². The lowest BCUT2D eigenvalue weighted by Crippen LogP contribution is -2.05. The Hall–Kier alpha value is -2.10. The fourth-order valence-corrected chi connectivity index (χ4v) is 1.88. The molecule has 4 heteroatoms. The molecule has 0 N–H and O–H groups in total. The SMILES string of the molecule is COc1ccc(C(=O)Cc2ccn(C)n2)cc1C. The number of hydrogen-bond acceptors (Lipinski definition) is 3. The summed E-state index contributed by atoms with van der Waals surface area (Å²) in [5.41, 5.74) is 2.44. The second-order valence-corrected chi connectivity index (χ2v) is 4.27. The van der Waals surface area contributed by atoms with Crippen LogP contribution in [-0.2, 0) is 13.5 Å². The monoisotopic (exact) mass is 244 g/mol. The minimum absolute atomic E-state index is 0.0689. The molecular formula is C14H16N2O2. The second kappa shape index (κ2) is 5.04. The maximum atomic E-state index is 12.1. The van der Waals surface area contributed by atoms with E-state index in [1.54, 1.807) is 17.9 Å². The molecule has 0 aliphatic carbocycles. The minimum atomic E-state index is 0.0689. The van der Waals surface area contributed by atoms with E-state index in [4.69, 9.17) is 4.74 Å². The van der Waals surface area contributed by atoms with Crippen LogP contribution < -0.4 is 4.74 Å². The molecule has 1 aromatic carbocycles. The minimum Gasteiger partial charge on any atom is -0.496 e. The Bertz CT molecular complexity index is 573. The van der Waals surface area contributed by atoms with Gasteiger partial charge in [-0.15, -0.1) is 0 Å². The number of methoxy groups -OCH3 is 1. The second-order valence-electron chi connectivity index (χ2n) is 4.27. The lowest BCUT2D eigenvalue weighted by atomic mass is 10.0. The van der Waals surface area contributed by atoms with Crippen molar-refractivity contribution in [2.75, 3.05) is 7.11 Å². The number of ketones is 1. The average Bonchev–Trinajstić information content (AvgIpc) is 2.74. The van der Waals surface area contributed by atoms with Crippen molar-refractivity contribution in [2.45, 2.75) is 13.3 Å². The van der Waals surface area contributed by atoms with Gasteiger partial charge in [-0.3, -0.25) is 9.48 Å². The molecule has 18 heavy (non-hydrogen) atoms. The summed E-state index contributed by atoms with van der Waals surface area (Å²) >= 11 is 0.